The lowest BCUT2D eigenvalue weighted by atomic mass is 10.0. The van der Waals surface area contributed by atoms with E-state index in [0.717, 1.165) is 63.4 Å². The smallest absolute Gasteiger partial charge is 0.290 e. The quantitative estimate of drug-likeness (QED) is 0.808. The van der Waals surface area contributed by atoms with E-state index in [1.807, 2.05) is 12.3 Å². The number of aromatic nitrogens is 2. The number of anilines is 1. The van der Waals surface area contributed by atoms with Crippen molar-refractivity contribution < 1.29 is 14.3 Å². The summed E-state index contributed by atoms with van der Waals surface area (Å²) in [6.07, 6.45) is 9.64. The van der Waals surface area contributed by atoms with Gasteiger partial charge in [-0.2, -0.15) is 0 Å². The third kappa shape index (κ3) is 5.51. The lowest BCUT2D eigenvalue weighted by Gasteiger charge is -2.42. The van der Waals surface area contributed by atoms with Crippen LogP contribution in [-0.2, 0) is 11.3 Å². The van der Waals surface area contributed by atoms with Gasteiger partial charge in [0, 0.05) is 57.7 Å². The number of rotatable bonds is 4. The van der Waals surface area contributed by atoms with E-state index in [1.165, 1.54) is 12.8 Å². The Morgan fingerprint density at radius 2 is 1.89 bits per heavy atom. The van der Waals surface area contributed by atoms with Crippen molar-refractivity contribution >= 4 is 12.3 Å². The van der Waals surface area contributed by atoms with Gasteiger partial charge in [0.25, 0.3) is 6.47 Å². The zero-order chi connectivity index (χ0) is 18.9. The van der Waals surface area contributed by atoms with Crippen LogP contribution in [0.2, 0.25) is 0 Å². The number of carboxylic acid groups (broad SMARTS) is 1. The van der Waals surface area contributed by atoms with Crippen LogP contribution >= 0.6 is 0 Å². The monoisotopic (exact) mass is 373 g/mol. The highest BCUT2D eigenvalue weighted by Gasteiger charge is 2.28. The number of carbonyl (C=O) groups is 1. The van der Waals surface area contributed by atoms with Gasteiger partial charge in [0.1, 0.15) is 11.6 Å². The molecule has 0 aromatic carbocycles. The van der Waals surface area contributed by atoms with Gasteiger partial charge in [0.2, 0.25) is 0 Å². The van der Waals surface area contributed by atoms with E-state index in [2.05, 4.69) is 30.7 Å². The molecule has 0 aliphatic carbocycles. The molecule has 0 unspecified atom stereocenters. The Kier molecular flexibility index (Phi) is 7.18. The van der Waals surface area contributed by atoms with Crippen LogP contribution in [0.5, 0.6) is 0 Å². The first-order chi connectivity index (χ1) is 13.3. The summed E-state index contributed by atoms with van der Waals surface area (Å²) in [6, 6.07) is 4.76. The number of likely N-dealkylation sites (tertiary alicyclic amines) is 1. The molecule has 2 aromatic heterocycles. The van der Waals surface area contributed by atoms with E-state index in [4.69, 9.17) is 14.3 Å². The number of piperazine rings is 1. The second-order valence-corrected chi connectivity index (χ2v) is 6.78. The van der Waals surface area contributed by atoms with Gasteiger partial charge in [0.05, 0.1) is 19.0 Å². The van der Waals surface area contributed by atoms with Crippen molar-refractivity contribution in [3.8, 4) is 0 Å². The molecule has 2 aromatic rings. The lowest BCUT2D eigenvalue weighted by Crippen LogP contribution is -2.53. The second-order valence-electron chi connectivity index (χ2n) is 6.78. The molecule has 0 bridgehead atoms. The van der Waals surface area contributed by atoms with Crippen LogP contribution in [0.1, 0.15) is 18.6 Å². The Labute approximate surface area is 159 Å². The molecule has 0 radical (unpaired) electrons. The fourth-order valence-electron chi connectivity index (χ4n) is 3.84. The van der Waals surface area contributed by atoms with Crippen molar-refractivity contribution in [1.82, 2.24) is 19.8 Å². The predicted octanol–water partition coefficient (Wildman–Crippen LogP) is 1.56. The highest BCUT2D eigenvalue weighted by Crippen LogP contribution is 2.21. The third-order valence-electron chi connectivity index (χ3n) is 5.22. The highest BCUT2D eigenvalue weighted by atomic mass is 16.3. The number of furan rings is 1. The van der Waals surface area contributed by atoms with Crippen molar-refractivity contribution in [3.63, 3.8) is 0 Å². The summed E-state index contributed by atoms with van der Waals surface area (Å²) in [5.41, 5.74) is 0. The van der Waals surface area contributed by atoms with E-state index in [9.17, 15) is 0 Å². The fraction of sp³-hybridized carbons (Fsp3) is 0.526. The summed E-state index contributed by atoms with van der Waals surface area (Å²) >= 11 is 0. The molecule has 1 N–H and O–H groups in total. The normalized spacial score (nSPS) is 19.3. The SMILES string of the molecule is O=CO.c1coc(CN2CCC(N3CCN(c4cnccn4)CC3)CC2)c1. The largest absolute Gasteiger partial charge is 0.483 e. The summed E-state index contributed by atoms with van der Waals surface area (Å²) in [5, 5.41) is 6.89. The molecule has 0 spiro atoms. The molecule has 4 heterocycles. The molecule has 0 atom stereocenters. The highest BCUT2D eigenvalue weighted by molar-refractivity contribution is 5.35. The van der Waals surface area contributed by atoms with E-state index < -0.39 is 0 Å². The number of nitrogens with zero attached hydrogens (tertiary/aromatic N) is 5. The van der Waals surface area contributed by atoms with Crippen molar-refractivity contribution in [2.24, 2.45) is 0 Å². The minimum Gasteiger partial charge on any atom is -0.483 e. The van der Waals surface area contributed by atoms with Gasteiger partial charge in [-0.25, -0.2) is 4.98 Å². The molecular formula is C19H27N5O3. The molecule has 2 saturated heterocycles. The van der Waals surface area contributed by atoms with Crippen LogP contribution in [0.25, 0.3) is 0 Å². The average molecular weight is 373 g/mol. The maximum absolute atomic E-state index is 8.36. The maximum Gasteiger partial charge on any atom is 0.290 e. The van der Waals surface area contributed by atoms with Gasteiger partial charge in [-0.1, -0.05) is 0 Å². The Morgan fingerprint density at radius 3 is 2.48 bits per heavy atom. The summed E-state index contributed by atoms with van der Waals surface area (Å²) < 4.78 is 5.46. The van der Waals surface area contributed by atoms with Gasteiger partial charge in [0.15, 0.2) is 0 Å². The molecule has 146 valence electrons. The predicted molar refractivity (Wildman–Crippen MR) is 102 cm³/mol. The Bertz CT molecular complexity index is 651. The number of piperidine rings is 1. The summed E-state index contributed by atoms with van der Waals surface area (Å²) in [6.45, 7) is 7.36. The fourth-order valence-corrected chi connectivity index (χ4v) is 3.84. The second kappa shape index (κ2) is 10.0. The lowest BCUT2D eigenvalue weighted by molar-refractivity contribution is -0.122. The summed E-state index contributed by atoms with van der Waals surface area (Å²) in [7, 11) is 0. The zero-order valence-corrected chi connectivity index (χ0v) is 15.5. The first kappa shape index (κ1) is 19.3. The molecule has 2 aliphatic heterocycles. The molecule has 2 fully saturated rings. The van der Waals surface area contributed by atoms with Crippen LogP contribution in [-0.4, -0.2) is 76.7 Å². The molecular weight excluding hydrogens is 346 g/mol. The molecule has 27 heavy (non-hydrogen) atoms. The molecule has 2 aliphatic rings. The van der Waals surface area contributed by atoms with Crippen molar-refractivity contribution in [3.05, 3.63) is 42.7 Å². The number of hydrogen-bond donors (Lipinski definition) is 1. The van der Waals surface area contributed by atoms with Crippen LogP contribution < -0.4 is 4.90 Å². The van der Waals surface area contributed by atoms with E-state index >= 15 is 0 Å². The van der Waals surface area contributed by atoms with E-state index in [1.54, 1.807) is 18.7 Å². The first-order valence-corrected chi connectivity index (χ1v) is 9.37. The van der Waals surface area contributed by atoms with Crippen LogP contribution in [0.4, 0.5) is 5.82 Å². The zero-order valence-electron chi connectivity index (χ0n) is 15.5. The maximum atomic E-state index is 8.36. The van der Waals surface area contributed by atoms with Gasteiger partial charge in [-0.15, -0.1) is 0 Å². The van der Waals surface area contributed by atoms with Crippen LogP contribution in [0.15, 0.2) is 41.4 Å². The molecule has 0 amide bonds. The standard InChI is InChI=1S/C18H25N5O.CH2O2/c1-2-17(24-13-1)15-21-7-3-16(4-8-21)22-9-11-23(12-10-22)18-14-19-5-6-20-18;2-1-3/h1-2,5-6,13-14,16H,3-4,7-12,15H2;1H,(H,2,3). The Balaban J connectivity index is 0.000000659. The van der Waals surface area contributed by atoms with Gasteiger partial charge < -0.3 is 14.4 Å². The van der Waals surface area contributed by atoms with Crippen molar-refractivity contribution in [2.75, 3.05) is 44.2 Å². The van der Waals surface area contributed by atoms with E-state index in [-0.39, 0.29) is 6.47 Å². The summed E-state index contributed by atoms with van der Waals surface area (Å²) in [5.74, 6) is 2.08. The van der Waals surface area contributed by atoms with Crippen molar-refractivity contribution in [2.45, 2.75) is 25.4 Å². The van der Waals surface area contributed by atoms with Crippen LogP contribution in [0.3, 0.4) is 0 Å². The molecule has 8 heteroatoms. The van der Waals surface area contributed by atoms with Crippen LogP contribution in [0, 0.1) is 0 Å². The first-order valence-electron chi connectivity index (χ1n) is 9.37. The topological polar surface area (TPSA) is 85.9 Å². The molecule has 8 nitrogen and oxygen atoms in total. The van der Waals surface area contributed by atoms with Gasteiger partial charge in [-0.3, -0.25) is 19.6 Å². The summed E-state index contributed by atoms with van der Waals surface area (Å²) in [4.78, 5) is 24.5. The Hall–Kier alpha value is -2.45. The third-order valence-corrected chi connectivity index (χ3v) is 5.22. The Morgan fingerprint density at radius 1 is 1.15 bits per heavy atom. The molecule has 0 saturated carbocycles. The van der Waals surface area contributed by atoms with Crippen molar-refractivity contribution in [1.29, 1.82) is 0 Å². The average Bonchev–Trinajstić information content (AvgIpc) is 3.23. The molecule has 4 rings (SSSR count). The van der Waals surface area contributed by atoms with Gasteiger partial charge >= 0.3 is 0 Å². The van der Waals surface area contributed by atoms with Gasteiger partial charge in [-0.05, 0) is 25.0 Å². The number of hydrogen-bond acceptors (Lipinski definition) is 7. The van der Waals surface area contributed by atoms with E-state index in [0.29, 0.717) is 0 Å². The minimum absolute atomic E-state index is 0.250. The minimum atomic E-state index is -0.250.